The van der Waals surface area contributed by atoms with Crippen LogP contribution in [0.15, 0.2) is 18.3 Å². The third-order valence-corrected chi connectivity index (χ3v) is 2.02. The van der Waals surface area contributed by atoms with Crippen LogP contribution in [0.4, 0.5) is 0 Å². The third-order valence-electron chi connectivity index (χ3n) is 1.32. The second kappa shape index (κ2) is 3.20. The van der Waals surface area contributed by atoms with Crippen LogP contribution in [-0.4, -0.2) is 18.0 Å². The summed E-state index contributed by atoms with van der Waals surface area (Å²) in [5, 5.41) is 0. The minimum absolute atomic E-state index is 0.375. The standard InChI is InChI=1S/C7H9NO3S/c1-6-2-3-7(4-8-6)5-12(9,10)11/h2-4H,5H2,1H3,(H,9,10,11). The predicted molar refractivity (Wildman–Crippen MR) is 44.2 cm³/mol. The monoisotopic (exact) mass is 187 g/mol. The number of aromatic nitrogens is 1. The zero-order valence-corrected chi connectivity index (χ0v) is 7.37. The lowest BCUT2D eigenvalue weighted by molar-refractivity contribution is 0.482. The zero-order chi connectivity index (χ0) is 9.19. The maximum Gasteiger partial charge on any atom is 0.269 e. The summed E-state index contributed by atoms with van der Waals surface area (Å²) in [6.07, 6.45) is 1.43. The van der Waals surface area contributed by atoms with E-state index in [1.807, 2.05) is 0 Å². The van der Waals surface area contributed by atoms with Crippen LogP contribution in [0.2, 0.25) is 0 Å². The molecule has 1 heterocycles. The highest BCUT2D eigenvalue weighted by Crippen LogP contribution is 2.03. The fourth-order valence-electron chi connectivity index (χ4n) is 0.794. The van der Waals surface area contributed by atoms with Crippen molar-refractivity contribution < 1.29 is 13.0 Å². The van der Waals surface area contributed by atoms with E-state index in [1.165, 1.54) is 6.20 Å². The molecule has 1 rings (SSSR count). The van der Waals surface area contributed by atoms with Crippen LogP contribution >= 0.6 is 0 Å². The Balaban J connectivity index is 2.85. The van der Waals surface area contributed by atoms with Crippen molar-refractivity contribution in [1.29, 1.82) is 0 Å². The van der Waals surface area contributed by atoms with E-state index in [9.17, 15) is 8.42 Å². The Labute approximate surface area is 71.0 Å². The second-order valence-corrected chi connectivity index (χ2v) is 3.99. The Bertz CT molecular complexity index is 355. The van der Waals surface area contributed by atoms with Gasteiger partial charge in [0.2, 0.25) is 0 Å². The molecule has 0 aliphatic rings. The van der Waals surface area contributed by atoms with Crippen molar-refractivity contribution >= 4 is 10.1 Å². The molecule has 5 heteroatoms. The fourth-order valence-corrected chi connectivity index (χ4v) is 1.39. The molecular formula is C7H9NO3S. The third kappa shape index (κ3) is 2.98. The summed E-state index contributed by atoms with van der Waals surface area (Å²) < 4.78 is 29.3. The Morgan fingerprint density at radius 2 is 2.17 bits per heavy atom. The molecule has 12 heavy (non-hydrogen) atoms. The summed E-state index contributed by atoms with van der Waals surface area (Å²) in [5.41, 5.74) is 1.30. The molecule has 0 bridgehead atoms. The number of aryl methyl sites for hydroxylation is 1. The number of pyridine rings is 1. The number of nitrogens with zero attached hydrogens (tertiary/aromatic N) is 1. The van der Waals surface area contributed by atoms with Gasteiger partial charge in [-0.2, -0.15) is 8.42 Å². The van der Waals surface area contributed by atoms with Crippen LogP contribution in [0.5, 0.6) is 0 Å². The lowest BCUT2D eigenvalue weighted by Crippen LogP contribution is -2.01. The maximum absolute atomic E-state index is 10.4. The van der Waals surface area contributed by atoms with Crippen LogP contribution in [0, 0.1) is 6.92 Å². The molecule has 0 radical (unpaired) electrons. The minimum atomic E-state index is -3.93. The van der Waals surface area contributed by atoms with Crippen LogP contribution in [0.25, 0.3) is 0 Å². The smallest absolute Gasteiger partial charge is 0.269 e. The van der Waals surface area contributed by atoms with Gasteiger partial charge in [-0.1, -0.05) is 6.07 Å². The molecule has 0 aliphatic carbocycles. The molecule has 4 nitrogen and oxygen atoms in total. The predicted octanol–water partition coefficient (Wildman–Crippen LogP) is 0.778. The summed E-state index contributed by atoms with van der Waals surface area (Å²) in [5.74, 6) is -0.375. The van der Waals surface area contributed by atoms with Gasteiger partial charge >= 0.3 is 0 Å². The summed E-state index contributed by atoms with van der Waals surface area (Å²) in [6.45, 7) is 1.80. The Hall–Kier alpha value is -0.940. The molecule has 0 aromatic carbocycles. The molecule has 0 unspecified atom stereocenters. The zero-order valence-electron chi connectivity index (χ0n) is 6.56. The van der Waals surface area contributed by atoms with Crippen molar-refractivity contribution in [3.05, 3.63) is 29.6 Å². The van der Waals surface area contributed by atoms with Crippen molar-refractivity contribution in [2.45, 2.75) is 12.7 Å². The van der Waals surface area contributed by atoms with E-state index in [0.717, 1.165) is 5.69 Å². The van der Waals surface area contributed by atoms with Crippen molar-refractivity contribution in [1.82, 2.24) is 4.98 Å². The van der Waals surface area contributed by atoms with E-state index in [0.29, 0.717) is 5.56 Å². The Kier molecular flexibility index (Phi) is 2.44. The van der Waals surface area contributed by atoms with Gasteiger partial charge in [-0.05, 0) is 18.6 Å². The largest absolute Gasteiger partial charge is 0.285 e. The summed E-state index contributed by atoms with van der Waals surface area (Å²) in [4.78, 5) is 3.89. The van der Waals surface area contributed by atoms with E-state index in [-0.39, 0.29) is 5.75 Å². The lowest BCUT2D eigenvalue weighted by Gasteiger charge is -1.97. The first-order valence-corrected chi connectivity index (χ1v) is 4.95. The highest BCUT2D eigenvalue weighted by molar-refractivity contribution is 7.85. The average Bonchev–Trinajstić information content (AvgIpc) is 1.91. The normalized spacial score (nSPS) is 11.5. The van der Waals surface area contributed by atoms with Gasteiger partial charge in [-0.15, -0.1) is 0 Å². The number of hydrogen-bond acceptors (Lipinski definition) is 3. The van der Waals surface area contributed by atoms with Gasteiger partial charge in [0.25, 0.3) is 10.1 Å². The molecule has 0 fully saturated rings. The van der Waals surface area contributed by atoms with E-state index >= 15 is 0 Å². The van der Waals surface area contributed by atoms with Crippen LogP contribution < -0.4 is 0 Å². The maximum atomic E-state index is 10.4. The first kappa shape index (κ1) is 9.15. The first-order chi connectivity index (χ1) is 5.47. The van der Waals surface area contributed by atoms with Crippen molar-refractivity contribution in [2.24, 2.45) is 0 Å². The van der Waals surface area contributed by atoms with Gasteiger partial charge in [0.15, 0.2) is 0 Å². The van der Waals surface area contributed by atoms with Gasteiger partial charge in [0.1, 0.15) is 5.75 Å². The minimum Gasteiger partial charge on any atom is -0.285 e. The Morgan fingerprint density at radius 3 is 2.58 bits per heavy atom. The summed E-state index contributed by atoms with van der Waals surface area (Å²) in [7, 11) is -3.93. The van der Waals surface area contributed by atoms with E-state index in [1.54, 1.807) is 19.1 Å². The molecule has 0 atom stereocenters. The van der Waals surface area contributed by atoms with Gasteiger partial charge in [-0.3, -0.25) is 9.54 Å². The quantitative estimate of drug-likeness (QED) is 0.695. The van der Waals surface area contributed by atoms with E-state index in [4.69, 9.17) is 4.55 Å². The molecule has 1 N–H and O–H groups in total. The van der Waals surface area contributed by atoms with E-state index in [2.05, 4.69) is 4.98 Å². The first-order valence-electron chi connectivity index (χ1n) is 3.34. The molecule has 0 aliphatic heterocycles. The van der Waals surface area contributed by atoms with Crippen molar-refractivity contribution in [3.8, 4) is 0 Å². The molecule has 0 saturated heterocycles. The molecule has 0 saturated carbocycles. The van der Waals surface area contributed by atoms with Gasteiger partial charge in [-0.25, -0.2) is 0 Å². The van der Waals surface area contributed by atoms with Crippen molar-refractivity contribution in [2.75, 3.05) is 0 Å². The van der Waals surface area contributed by atoms with Crippen LogP contribution in [0.1, 0.15) is 11.3 Å². The SMILES string of the molecule is Cc1ccc(CS(=O)(=O)O)cn1. The lowest BCUT2D eigenvalue weighted by atomic mass is 10.3. The highest BCUT2D eigenvalue weighted by Gasteiger charge is 2.05. The van der Waals surface area contributed by atoms with Crippen LogP contribution in [-0.2, 0) is 15.9 Å². The molecule has 66 valence electrons. The van der Waals surface area contributed by atoms with E-state index < -0.39 is 10.1 Å². The Morgan fingerprint density at radius 1 is 1.50 bits per heavy atom. The molecule has 1 aromatic heterocycles. The number of rotatable bonds is 2. The van der Waals surface area contributed by atoms with Crippen molar-refractivity contribution in [3.63, 3.8) is 0 Å². The summed E-state index contributed by atoms with van der Waals surface area (Å²) in [6, 6.07) is 3.32. The molecule has 0 spiro atoms. The van der Waals surface area contributed by atoms with Gasteiger partial charge in [0, 0.05) is 11.9 Å². The topological polar surface area (TPSA) is 67.3 Å². The fraction of sp³-hybridized carbons (Fsp3) is 0.286. The molecule has 1 aromatic rings. The van der Waals surface area contributed by atoms with Gasteiger partial charge < -0.3 is 0 Å². The molecular weight excluding hydrogens is 178 g/mol. The number of hydrogen-bond donors (Lipinski definition) is 1. The highest BCUT2D eigenvalue weighted by atomic mass is 32.2. The van der Waals surface area contributed by atoms with Gasteiger partial charge in [0.05, 0.1) is 0 Å². The average molecular weight is 187 g/mol. The van der Waals surface area contributed by atoms with Crippen LogP contribution in [0.3, 0.4) is 0 Å². The second-order valence-electron chi connectivity index (χ2n) is 2.53. The molecule has 0 amide bonds. The summed E-state index contributed by atoms with van der Waals surface area (Å²) >= 11 is 0.